The summed E-state index contributed by atoms with van der Waals surface area (Å²) in [6, 6.07) is 3.70. The second-order valence-electron chi connectivity index (χ2n) is 9.37. The summed E-state index contributed by atoms with van der Waals surface area (Å²) in [4.78, 5) is 17.9. The van der Waals surface area contributed by atoms with Crippen molar-refractivity contribution in [1.29, 1.82) is 0 Å². The highest BCUT2D eigenvalue weighted by Crippen LogP contribution is 2.31. The minimum absolute atomic E-state index is 0.0116. The summed E-state index contributed by atoms with van der Waals surface area (Å²) in [7, 11) is -3.45. The Kier molecular flexibility index (Phi) is 5.90. The van der Waals surface area contributed by atoms with E-state index < -0.39 is 15.6 Å². The molecule has 0 aromatic carbocycles. The second kappa shape index (κ2) is 8.77. The molecule has 2 N–H and O–H groups in total. The normalized spacial score (nSPS) is 14.6. The minimum Gasteiger partial charge on any atom is -0.396 e. The van der Waals surface area contributed by atoms with E-state index in [0.717, 1.165) is 15.3 Å². The first-order valence-electron chi connectivity index (χ1n) is 11.4. The summed E-state index contributed by atoms with van der Waals surface area (Å²) in [5.41, 5.74) is 3.01. The van der Waals surface area contributed by atoms with E-state index in [-0.39, 0.29) is 18.5 Å². The standard InChI is InChI=1S/C23H27N7O4S/c1-23(2,6-8-31)30-20-10-17(25-12-19(20)28-21(30)14-32)9-16-5-7-24-22(27-16)15-11-26-29(13-15)35(33,34)18-3-4-18/h5,7,10-13,18,31-32H,3-4,6,8-9,14H2,1-2H3. The predicted octanol–water partition coefficient (Wildman–Crippen LogP) is 1.63. The first kappa shape index (κ1) is 23.5. The number of nitrogens with zero attached hydrogens (tertiary/aromatic N) is 7. The van der Waals surface area contributed by atoms with Gasteiger partial charge >= 0.3 is 0 Å². The summed E-state index contributed by atoms with van der Waals surface area (Å²) in [5.74, 6) is 0.900. The number of aliphatic hydroxyl groups is 2. The van der Waals surface area contributed by atoms with E-state index in [9.17, 15) is 18.6 Å². The number of hydrogen-bond donors (Lipinski definition) is 2. The molecule has 1 aliphatic carbocycles. The van der Waals surface area contributed by atoms with Gasteiger partial charge in [-0.2, -0.15) is 9.19 Å². The molecule has 1 fully saturated rings. The van der Waals surface area contributed by atoms with E-state index in [1.807, 2.05) is 24.5 Å². The number of fused-ring (bicyclic) bond motifs is 1. The van der Waals surface area contributed by atoms with E-state index >= 15 is 0 Å². The molecule has 4 aromatic rings. The van der Waals surface area contributed by atoms with Crippen molar-refractivity contribution < 1.29 is 18.6 Å². The fourth-order valence-corrected chi connectivity index (χ4v) is 5.71. The lowest BCUT2D eigenvalue weighted by Gasteiger charge is -2.28. The fraction of sp³-hybridized carbons (Fsp3) is 0.435. The molecule has 0 amide bonds. The molecule has 0 atom stereocenters. The molecule has 12 heteroatoms. The van der Waals surface area contributed by atoms with Crippen LogP contribution in [0.2, 0.25) is 0 Å². The first-order valence-corrected chi connectivity index (χ1v) is 12.9. The molecule has 11 nitrogen and oxygen atoms in total. The third-order valence-electron chi connectivity index (χ3n) is 6.24. The summed E-state index contributed by atoms with van der Waals surface area (Å²) in [6.45, 7) is 3.77. The van der Waals surface area contributed by atoms with Gasteiger partial charge in [-0.1, -0.05) is 0 Å². The molecule has 0 unspecified atom stereocenters. The third-order valence-corrected chi connectivity index (χ3v) is 8.27. The Balaban J connectivity index is 1.45. The number of aliphatic hydroxyl groups excluding tert-OH is 2. The number of pyridine rings is 1. The van der Waals surface area contributed by atoms with Gasteiger partial charge < -0.3 is 14.8 Å². The Morgan fingerprint density at radius 3 is 2.63 bits per heavy atom. The fourth-order valence-electron chi connectivity index (χ4n) is 4.23. The molecule has 0 aliphatic heterocycles. The molecule has 0 spiro atoms. The Morgan fingerprint density at radius 1 is 1.11 bits per heavy atom. The quantitative estimate of drug-likeness (QED) is 0.352. The minimum atomic E-state index is -3.45. The number of imidazole rings is 1. The SMILES string of the molecule is CC(C)(CCO)n1c(CO)nc2cnc(Cc3ccnc(-c4cnn(S(=O)(=O)C5CC5)c4)n3)cc21. The van der Waals surface area contributed by atoms with Gasteiger partial charge in [-0.15, -0.1) is 0 Å². The molecule has 4 heterocycles. The second-order valence-corrected chi connectivity index (χ2v) is 11.4. The predicted molar refractivity (Wildman–Crippen MR) is 128 cm³/mol. The highest BCUT2D eigenvalue weighted by molar-refractivity contribution is 7.90. The van der Waals surface area contributed by atoms with Crippen LogP contribution in [0.25, 0.3) is 22.4 Å². The van der Waals surface area contributed by atoms with Gasteiger partial charge in [0.1, 0.15) is 17.9 Å². The molecule has 0 radical (unpaired) electrons. The average Bonchev–Trinajstić information content (AvgIpc) is 3.44. The Labute approximate surface area is 202 Å². The lowest BCUT2D eigenvalue weighted by Crippen LogP contribution is -2.29. The highest BCUT2D eigenvalue weighted by atomic mass is 32.2. The molecule has 5 rings (SSSR count). The molecule has 0 saturated heterocycles. The lowest BCUT2D eigenvalue weighted by atomic mass is 10.00. The molecule has 184 valence electrons. The maximum absolute atomic E-state index is 12.4. The van der Waals surface area contributed by atoms with Crippen molar-refractivity contribution in [3.63, 3.8) is 0 Å². The van der Waals surface area contributed by atoms with Gasteiger partial charge in [0.05, 0.1) is 40.6 Å². The van der Waals surface area contributed by atoms with E-state index in [4.69, 9.17) is 0 Å². The summed E-state index contributed by atoms with van der Waals surface area (Å²) in [6.07, 6.45) is 8.46. The van der Waals surface area contributed by atoms with Crippen molar-refractivity contribution in [2.24, 2.45) is 0 Å². The topological polar surface area (TPSA) is 149 Å². The number of aromatic nitrogens is 7. The van der Waals surface area contributed by atoms with E-state index in [1.165, 1.54) is 12.4 Å². The van der Waals surface area contributed by atoms with E-state index in [1.54, 1.807) is 18.5 Å². The zero-order chi connectivity index (χ0) is 24.8. The van der Waals surface area contributed by atoms with Crippen molar-refractivity contribution in [2.45, 2.75) is 56.9 Å². The van der Waals surface area contributed by atoms with E-state index in [0.29, 0.717) is 54.1 Å². The van der Waals surface area contributed by atoms with Crippen LogP contribution in [0.3, 0.4) is 0 Å². The Bertz CT molecular complexity index is 1490. The smallest absolute Gasteiger partial charge is 0.256 e. The van der Waals surface area contributed by atoms with E-state index in [2.05, 4.69) is 25.0 Å². The monoisotopic (exact) mass is 497 g/mol. The van der Waals surface area contributed by atoms with Gasteiger partial charge in [0.2, 0.25) is 0 Å². The molecule has 4 aromatic heterocycles. The third kappa shape index (κ3) is 4.44. The molecule has 0 bridgehead atoms. The maximum Gasteiger partial charge on any atom is 0.256 e. The van der Waals surface area contributed by atoms with Crippen LogP contribution in [0.1, 0.15) is 50.3 Å². The zero-order valence-electron chi connectivity index (χ0n) is 19.5. The van der Waals surface area contributed by atoms with Crippen molar-refractivity contribution in [3.8, 4) is 11.4 Å². The van der Waals surface area contributed by atoms with Crippen LogP contribution in [-0.4, -0.2) is 64.2 Å². The van der Waals surface area contributed by atoms with Crippen LogP contribution in [-0.2, 0) is 28.6 Å². The zero-order valence-corrected chi connectivity index (χ0v) is 20.4. The summed E-state index contributed by atoms with van der Waals surface area (Å²) < 4.78 is 27.8. The van der Waals surface area contributed by atoms with Crippen molar-refractivity contribution in [1.82, 2.24) is 33.7 Å². The van der Waals surface area contributed by atoms with Crippen molar-refractivity contribution in [2.75, 3.05) is 6.61 Å². The van der Waals surface area contributed by atoms with Gasteiger partial charge in [-0.3, -0.25) is 4.98 Å². The highest BCUT2D eigenvalue weighted by Gasteiger charge is 2.37. The van der Waals surface area contributed by atoms with Crippen molar-refractivity contribution in [3.05, 3.63) is 54.1 Å². The summed E-state index contributed by atoms with van der Waals surface area (Å²) >= 11 is 0. The van der Waals surface area contributed by atoms with Crippen LogP contribution in [0.15, 0.2) is 36.9 Å². The van der Waals surface area contributed by atoms with Crippen LogP contribution in [0, 0.1) is 0 Å². The lowest BCUT2D eigenvalue weighted by molar-refractivity contribution is 0.199. The van der Waals surface area contributed by atoms with Crippen LogP contribution >= 0.6 is 0 Å². The van der Waals surface area contributed by atoms with Crippen LogP contribution in [0.5, 0.6) is 0 Å². The van der Waals surface area contributed by atoms with Crippen molar-refractivity contribution >= 4 is 21.1 Å². The Hall–Kier alpha value is -3.22. The van der Waals surface area contributed by atoms with Gasteiger partial charge in [0.15, 0.2) is 5.82 Å². The van der Waals surface area contributed by atoms with Gasteiger partial charge in [-0.05, 0) is 45.2 Å². The maximum atomic E-state index is 12.4. The van der Waals surface area contributed by atoms with Crippen LogP contribution < -0.4 is 0 Å². The Morgan fingerprint density at radius 2 is 1.91 bits per heavy atom. The molecule has 1 saturated carbocycles. The van der Waals surface area contributed by atoms with Gasteiger partial charge in [0.25, 0.3) is 10.0 Å². The van der Waals surface area contributed by atoms with Crippen LogP contribution in [0.4, 0.5) is 0 Å². The molecular weight excluding hydrogens is 470 g/mol. The summed E-state index contributed by atoms with van der Waals surface area (Å²) in [5, 5.41) is 23.0. The molecular formula is C23H27N7O4S. The van der Waals surface area contributed by atoms with Gasteiger partial charge in [-0.25, -0.2) is 23.4 Å². The molecule has 35 heavy (non-hydrogen) atoms. The largest absolute Gasteiger partial charge is 0.396 e. The average molecular weight is 498 g/mol. The number of rotatable bonds is 9. The molecule has 1 aliphatic rings. The number of hydrogen-bond acceptors (Lipinski definition) is 9. The van der Waals surface area contributed by atoms with Gasteiger partial charge in [0, 0.05) is 30.5 Å². The first-order chi connectivity index (χ1) is 16.7.